The molecule has 3 aromatic rings. The molecule has 1 aromatic carbocycles. The summed E-state index contributed by atoms with van der Waals surface area (Å²) >= 11 is 5.99. The SMILES string of the molecule is Cc1cc(C)[n+](-c2cccc(S(=O)(=O)Nc3n[nH]c(=S)s3)c2)c(C)c1. The fraction of sp³-hybridized carbons (Fsp3) is 0.188. The minimum absolute atomic E-state index is 0.165. The minimum Gasteiger partial charge on any atom is -0.256 e. The molecule has 0 radical (unpaired) electrons. The molecule has 0 aliphatic rings. The van der Waals surface area contributed by atoms with Crippen LogP contribution in [0.25, 0.3) is 5.69 Å². The molecule has 0 atom stereocenters. The number of benzene rings is 1. The lowest BCUT2D eigenvalue weighted by Gasteiger charge is -2.08. The second-order valence-corrected chi connectivity index (χ2v) is 9.02. The molecule has 2 aromatic heterocycles. The van der Waals surface area contributed by atoms with Crippen LogP contribution in [-0.4, -0.2) is 18.6 Å². The Morgan fingerprint density at radius 1 is 1.16 bits per heavy atom. The van der Waals surface area contributed by atoms with Crippen LogP contribution in [0.3, 0.4) is 0 Å². The molecule has 2 heterocycles. The third-order valence-corrected chi connectivity index (χ3v) is 6.09. The maximum absolute atomic E-state index is 12.6. The van der Waals surface area contributed by atoms with Gasteiger partial charge in [-0.1, -0.05) is 17.4 Å². The van der Waals surface area contributed by atoms with Crippen LogP contribution in [0.1, 0.15) is 17.0 Å². The molecule has 25 heavy (non-hydrogen) atoms. The second-order valence-electron chi connectivity index (χ2n) is 5.67. The van der Waals surface area contributed by atoms with E-state index in [0.29, 0.717) is 3.95 Å². The number of H-pyrrole nitrogens is 1. The Bertz CT molecular complexity index is 1080. The van der Waals surface area contributed by atoms with Crippen LogP contribution in [0.15, 0.2) is 41.3 Å². The highest BCUT2D eigenvalue weighted by molar-refractivity contribution is 7.93. The van der Waals surface area contributed by atoms with Gasteiger partial charge in [-0.25, -0.2) is 8.42 Å². The number of hydrogen-bond donors (Lipinski definition) is 2. The zero-order valence-corrected chi connectivity index (χ0v) is 16.3. The summed E-state index contributed by atoms with van der Waals surface area (Å²) in [5.41, 5.74) is 4.01. The smallest absolute Gasteiger partial charge is 0.256 e. The van der Waals surface area contributed by atoms with Gasteiger partial charge in [-0.2, -0.15) is 4.57 Å². The highest BCUT2D eigenvalue weighted by Gasteiger charge is 2.21. The van der Waals surface area contributed by atoms with Crippen LogP contribution >= 0.6 is 23.6 Å². The fourth-order valence-corrected chi connectivity index (χ4v) is 4.82. The molecule has 2 N–H and O–H groups in total. The monoisotopic (exact) mass is 393 g/mol. The number of nitrogens with one attached hydrogen (secondary N) is 2. The molecule has 130 valence electrons. The van der Waals surface area contributed by atoms with E-state index in [0.717, 1.165) is 34.0 Å². The molecule has 0 aliphatic heterocycles. The van der Waals surface area contributed by atoms with Gasteiger partial charge in [0.2, 0.25) is 10.8 Å². The highest BCUT2D eigenvalue weighted by Crippen LogP contribution is 2.19. The molecule has 0 fully saturated rings. The summed E-state index contributed by atoms with van der Waals surface area (Å²) in [5.74, 6) is 0. The highest BCUT2D eigenvalue weighted by atomic mass is 32.2. The quantitative estimate of drug-likeness (QED) is 0.527. The lowest BCUT2D eigenvalue weighted by atomic mass is 10.2. The van der Waals surface area contributed by atoms with E-state index >= 15 is 0 Å². The van der Waals surface area contributed by atoms with Crippen LogP contribution in [0.5, 0.6) is 0 Å². The van der Waals surface area contributed by atoms with E-state index < -0.39 is 10.0 Å². The van der Waals surface area contributed by atoms with Crippen LogP contribution in [0, 0.1) is 24.7 Å². The van der Waals surface area contributed by atoms with Crippen molar-refractivity contribution in [3.05, 3.63) is 57.3 Å². The average molecular weight is 394 g/mol. The van der Waals surface area contributed by atoms with Gasteiger partial charge in [0, 0.05) is 38.1 Å². The standard InChI is InChI=1S/C16H16N4O2S3/c1-10-7-11(2)20(12(3)8-10)13-5-4-6-14(9-13)25(21,22)19-15-17-18-16(23)24-15/h4-9H,1-3H3,(H-,17,18,19,23)/p+1. The summed E-state index contributed by atoms with van der Waals surface area (Å²) in [7, 11) is -3.75. The van der Waals surface area contributed by atoms with Crippen molar-refractivity contribution in [2.75, 3.05) is 4.72 Å². The third-order valence-electron chi connectivity index (χ3n) is 3.62. The maximum atomic E-state index is 12.6. The maximum Gasteiger partial charge on any atom is 0.263 e. The summed E-state index contributed by atoms with van der Waals surface area (Å²) in [4.78, 5) is 0.165. The largest absolute Gasteiger partial charge is 0.263 e. The number of anilines is 1. The first-order valence-corrected chi connectivity index (χ1v) is 10.2. The Labute approximate surface area is 155 Å². The Kier molecular flexibility index (Phi) is 4.72. The van der Waals surface area contributed by atoms with Crippen LogP contribution in [0.4, 0.5) is 5.13 Å². The Balaban J connectivity index is 2.04. The number of aromatic nitrogens is 3. The van der Waals surface area contributed by atoms with E-state index in [-0.39, 0.29) is 10.0 Å². The summed E-state index contributed by atoms with van der Waals surface area (Å²) in [6.07, 6.45) is 0. The van der Waals surface area contributed by atoms with Crippen LogP contribution < -0.4 is 9.29 Å². The van der Waals surface area contributed by atoms with E-state index in [4.69, 9.17) is 12.2 Å². The first-order valence-electron chi connectivity index (χ1n) is 7.45. The number of nitrogens with zero attached hydrogens (tertiary/aromatic N) is 2. The molecule has 0 spiro atoms. The van der Waals surface area contributed by atoms with Crippen molar-refractivity contribution in [2.24, 2.45) is 0 Å². The second kappa shape index (κ2) is 6.66. The van der Waals surface area contributed by atoms with Crippen molar-refractivity contribution in [3.63, 3.8) is 0 Å². The van der Waals surface area contributed by atoms with Gasteiger partial charge in [0.05, 0.1) is 4.90 Å². The number of rotatable bonds is 4. The first-order chi connectivity index (χ1) is 11.8. The van der Waals surface area contributed by atoms with Gasteiger partial charge in [0.1, 0.15) is 0 Å². The summed E-state index contributed by atoms with van der Waals surface area (Å²) in [5, 5.41) is 6.60. The van der Waals surface area contributed by atoms with Gasteiger partial charge in [-0.15, -0.1) is 5.10 Å². The molecule has 0 saturated heterocycles. The summed E-state index contributed by atoms with van der Waals surface area (Å²) < 4.78 is 30.1. The first kappa shape index (κ1) is 17.7. The van der Waals surface area contributed by atoms with Gasteiger partial charge in [-0.3, -0.25) is 9.82 Å². The molecule has 9 heteroatoms. The van der Waals surface area contributed by atoms with Crippen molar-refractivity contribution in [2.45, 2.75) is 25.7 Å². The van der Waals surface area contributed by atoms with Crippen LogP contribution in [0.2, 0.25) is 0 Å². The molecule has 0 unspecified atom stereocenters. The average Bonchev–Trinajstić information content (AvgIpc) is 2.91. The van der Waals surface area contributed by atoms with E-state index in [1.807, 2.05) is 31.4 Å². The number of aromatic amines is 1. The van der Waals surface area contributed by atoms with Gasteiger partial charge < -0.3 is 0 Å². The molecule has 3 rings (SSSR count). The van der Waals surface area contributed by atoms with E-state index in [2.05, 4.69) is 27.1 Å². The Morgan fingerprint density at radius 3 is 2.44 bits per heavy atom. The third kappa shape index (κ3) is 3.78. The zero-order chi connectivity index (χ0) is 18.2. The van der Waals surface area contributed by atoms with Gasteiger partial charge in [0.15, 0.2) is 15.3 Å². The number of pyridine rings is 1. The molecule has 6 nitrogen and oxygen atoms in total. The van der Waals surface area contributed by atoms with E-state index in [9.17, 15) is 8.42 Å². The van der Waals surface area contributed by atoms with Gasteiger partial charge in [-0.05, 0) is 30.8 Å². The predicted octanol–water partition coefficient (Wildman–Crippen LogP) is 3.20. The number of hydrogen-bond acceptors (Lipinski definition) is 5. The van der Waals surface area contributed by atoms with Gasteiger partial charge in [0.25, 0.3) is 10.0 Å². The van der Waals surface area contributed by atoms with Crippen molar-refractivity contribution in [1.82, 2.24) is 10.2 Å². The van der Waals surface area contributed by atoms with E-state index in [1.165, 1.54) is 0 Å². The summed E-state index contributed by atoms with van der Waals surface area (Å²) in [6.45, 7) is 6.03. The molecule has 0 bridgehead atoms. The zero-order valence-electron chi connectivity index (χ0n) is 13.9. The number of sulfonamides is 1. The van der Waals surface area contributed by atoms with E-state index in [1.54, 1.807) is 18.2 Å². The molecule has 0 amide bonds. The topological polar surface area (TPSA) is 78.7 Å². The Hall–Kier alpha value is -2.10. The lowest BCUT2D eigenvalue weighted by Crippen LogP contribution is -2.37. The predicted molar refractivity (Wildman–Crippen MR) is 100 cm³/mol. The van der Waals surface area contributed by atoms with Crippen molar-refractivity contribution in [1.29, 1.82) is 0 Å². The minimum atomic E-state index is -3.75. The molecule has 0 aliphatic carbocycles. The fourth-order valence-electron chi connectivity index (χ4n) is 2.75. The van der Waals surface area contributed by atoms with Crippen molar-refractivity contribution in [3.8, 4) is 5.69 Å². The van der Waals surface area contributed by atoms with Gasteiger partial charge >= 0.3 is 0 Å². The van der Waals surface area contributed by atoms with Crippen LogP contribution in [-0.2, 0) is 10.0 Å². The molecular weight excluding hydrogens is 376 g/mol. The normalized spacial score (nSPS) is 11.5. The Morgan fingerprint density at radius 2 is 1.84 bits per heavy atom. The molecule has 0 saturated carbocycles. The summed E-state index contributed by atoms with van der Waals surface area (Å²) in [6, 6.07) is 10.9. The lowest BCUT2D eigenvalue weighted by molar-refractivity contribution is -0.609. The molecular formula is C16H17N4O2S3+. The number of aryl methyl sites for hydroxylation is 3. The van der Waals surface area contributed by atoms with Crippen molar-refractivity contribution < 1.29 is 13.0 Å². The van der Waals surface area contributed by atoms with Crippen molar-refractivity contribution >= 4 is 38.7 Å².